The van der Waals surface area contributed by atoms with Crippen LogP contribution in [0, 0.1) is 29.6 Å². The van der Waals surface area contributed by atoms with E-state index in [0.29, 0.717) is 184 Å². The zero-order valence-corrected chi connectivity index (χ0v) is 74.1. The van der Waals surface area contributed by atoms with Gasteiger partial charge in [-0.25, -0.2) is 24.2 Å². The van der Waals surface area contributed by atoms with Crippen LogP contribution in [0.3, 0.4) is 0 Å². The van der Waals surface area contributed by atoms with Crippen LogP contribution in [0.25, 0.3) is 33.4 Å². The van der Waals surface area contributed by atoms with Crippen LogP contribution >= 0.6 is 0 Å². The molecule has 1 aliphatic carbocycles. The van der Waals surface area contributed by atoms with Gasteiger partial charge in [-0.3, -0.25) is 24.0 Å². The summed E-state index contributed by atoms with van der Waals surface area (Å²) in [5, 5.41) is 42.9. The summed E-state index contributed by atoms with van der Waals surface area (Å²) in [4.78, 5) is 115. The number of nitrogen functional groups attached to an aromatic ring is 2. The van der Waals surface area contributed by atoms with Gasteiger partial charge in [-0.2, -0.15) is 10.1 Å². The number of alkyl carbamates (subject to hydrolysis) is 1. The van der Waals surface area contributed by atoms with Crippen molar-refractivity contribution in [1.29, 1.82) is 0 Å². The lowest BCUT2D eigenvalue weighted by Gasteiger charge is -2.42. The Morgan fingerprint density at radius 3 is 2.07 bits per heavy atom. The first-order chi connectivity index (χ1) is 60.7. The third kappa shape index (κ3) is 28.8. The van der Waals surface area contributed by atoms with E-state index >= 15 is 0 Å². The largest absolute Gasteiger partial charge is 0.459 e. The predicted molar refractivity (Wildman–Crippen MR) is 464 cm³/mol. The lowest BCUT2D eigenvalue weighted by Crippen LogP contribution is -2.61. The zero-order chi connectivity index (χ0) is 90.2. The van der Waals surface area contributed by atoms with Crippen LogP contribution in [0.2, 0.25) is 0 Å². The first-order valence-electron chi connectivity index (χ1n) is 44.2. The summed E-state index contributed by atoms with van der Waals surface area (Å²) < 4.78 is 82.1. The Bertz CT molecular complexity index is 4500. The summed E-state index contributed by atoms with van der Waals surface area (Å²) in [5.74, 6) is -9.19. The molecule has 2 aromatic carbocycles. The number of nitrogens with one attached hydrogen (secondary N) is 1. The van der Waals surface area contributed by atoms with Crippen LogP contribution < -0.4 is 22.5 Å². The molecule has 3 fully saturated rings. The highest BCUT2D eigenvalue weighted by Crippen LogP contribution is 2.39. The zero-order valence-electron chi connectivity index (χ0n) is 74.1. The molecule has 3 aromatic heterocycles. The van der Waals surface area contributed by atoms with Crippen molar-refractivity contribution in [2.24, 2.45) is 35.3 Å². The quantitative estimate of drug-likeness (QED) is 0.00900. The number of carbonyl (C=O) groups excluding carboxylic acids is 7. The molecule has 4 aliphatic heterocycles. The van der Waals surface area contributed by atoms with Crippen molar-refractivity contribution in [2.45, 2.75) is 205 Å². The topological polar surface area (TPSA) is 466 Å². The molecule has 2 bridgehead atoms. The summed E-state index contributed by atoms with van der Waals surface area (Å²) in [6.45, 7) is 16.9. The number of Topliss-reactive ketones (excluding diaryl/α,β-unsaturated/α-hetero) is 3. The number of oxazole rings is 1. The van der Waals surface area contributed by atoms with E-state index in [-0.39, 0.29) is 94.5 Å². The number of aromatic nitrogens is 5. The Labute approximate surface area is 736 Å². The van der Waals surface area contributed by atoms with E-state index < -0.39 is 120 Å². The highest BCUT2D eigenvalue weighted by atomic mass is 16.6. The van der Waals surface area contributed by atoms with Crippen LogP contribution in [-0.2, 0) is 110 Å². The molecular weight excluding hydrogens is 1630 g/mol. The van der Waals surface area contributed by atoms with Crippen LogP contribution in [0.4, 0.5) is 16.6 Å². The maximum absolute atomic E-state index is 14.7. The van der Waals surface area contributed by atoms with E-state index in [1.807, 2.05) is 65.9 Å². The molecule has 3 amide bonds. The van der Waals surface area contributed by atoms with Crippen LogP contribution in [0.5, 0.6) is 0 Å². The Morgan fingerprint density at radius 2 is 1.40 bits per heavy atom. The lowest BCUT2D eigenvalue weighted by molar-refractivity contribution is -0.265. The minimum atomic E-state index is -2.51. The molecule has 35 heteroatoms. The number of ether oxygens (including phenoxy) is 13. The number of esters is 1. The summed E-state index contributed by atoms with van der Waals surface area (Å²) in [5.41, 5.74) is 26.6. The number of fused-ring (bicyclic) bond motifs is 6. The molecule has 7 heterocycles. The molecule has 694 valence electrons. The van der Waals surface area contributed by atoms with Gasteiger partial charge >= 0.3 is 12.1 Å². The minimum absolute atomic E-state index is 0.00250. The number of ketones is 3. The van der Waals surface area contributed by atoms with Crippen molar-refractivity contribution in [3.8, 4) is 11.3 Å². The molecule has 10 N–H and O–H groups in total. The van der Waals surface area contributed by atoms with Gasteiger partial charge in [-0.1, -0.05) is 82.4 Å². The molecule has 126 heavy (non-hydrogen) atoms. The fourth-order valence-electron chi connectivity index (χ4n) is 16.7. The molecule has 2 saturated heterocycles. The number of nitrogens with zero attached hydrogens (tertiary/aromatic N) is 7. The number of rotatable bonds is 36. The molecule has 5 aliphatic rings. The first kappa shape index (κ1) is 99.3. The van der Waals surface area contributed by atoms with Crippen LogP contribution in [0.1, 0.15) is 142 Å². The number of aliphatic hydroxyl groups excluding tert-OH is 2. The Balaban J connectivity index is 0.586. The van der Waals surface area contributed by atoms with Gasteiger partial charge < -0.3 is 114 Å². The van der Waals surface area contributed by atoms with Crippen molar-refractivity contribution in [3.05, 3.63) is 107 Å². The fourth-order valence-corrected chi connectivity index (χ4v) is 16.7. The summed E-state index contributed by atoms with van der Waals surface area (Å²) in [6.07, 6.45) is 8.92. The van der Waals surface area contributed by atoms with E-state index in [9.17, 15) is 48.9 Å². The van der Waals surface area contributed by atoms with Crippen LogP contribution in [-0.4, -0.2) is 291 Å². The van der Waals surface area contributed by atoms with Gasteiger partial charge in [0.1, 0.15) is 41.3 Å². The molecule has 5 aromatic rings. The Hall–Kier alpha value is -8.89. The summed E-state index contributed by atoms with van der Waals surface area (Å²) in [6, 6.07) is 9.67. The lowest BCUT2D eigenvalue weighted by atomic mass is 9.80. The number of aliphatic hydroxyl groups is 3. The number of hydrogen-bond acceptors (Lipinski definition) is 31. The number of anilines is 2. The van der Waals surface area contributed by atoms with Crippen molar-refractivity contribution in [2.75, 3.05) is 151 Å². The third-order valence-corrected chi connectivity index (χ3v) is 24.0. The number of nitrogens with two attached hydrogens (primary N) is 3. The van der Waals surface area contributed by atoms with Gasteiger partial charge in [0.15, 0.2) is 29.2 Å². The summed E-state index contributed by atoms with van der Waals surface area (Å²) >= 11 is 0. The van der Waals surface area contributed by atoms with Crippen molar-refractivity contribution >= 4 is 75.2 Å². The monoisotopic (exact) mass is 1760 g/mol. The van der Waals surface area contributed by atoms with Gasteiger partial charge in [0.05, 0.1) is 148 Å². The maximum Gasteiger partial charge on any atom is 0.407 e. The van der Waals surface area contributed by atoms with Crippen molar-refractivity contribution in [1.82, 2.24) is 39.8 Å². The van der Waals surface area contributed by atoms with Crippen molar-refractivity contribution in [3.63, 3.8) is 0 Å². The van der Waals surface area contributed by atoms with Crippen LogP contribution in [0.15, 0.2) is 94.7 Å². The number of benzene rings is 2. The molecular formula is C91H131N11O24. The number of piperidine rings is 1. The standard InChI is InChI=1S/C91H131N11O24/c1-57-14-10-9-11-15-58(2)75(113-7)52-68-22-17-62(6)91(112,126-68)84(108)87(109)101-28-13-12-16-71(101)88(110)123-76(69(92)49-63-19-23-72(103)77(50-63)114-8)53-73(104)59(3)47-61(5)83(82(107)81(106)60(4)46-57)125-90(111)95-27-31-116-33-35-118-37-39-120-41-43-122-45-44-121-42-40-119-38-36-117-34-32-115-30-26-78(105)100-29-25-65-48-64(18-20-67(65)55-100)54-102-86-79(85(93)96-56-97-86)80(99-102)66-21-24-74-70(51-66)98-89(94)124-74/h9-11,14-15,18,20-21,24,47-48,51,56-57,59-60,62-63,68-69,71-72,75-77,82-83,103,107,112H,12-13,16-17,19,22-23,25-46,49-50,52-55,92H2,1-8H3,(H2,94,98)(H,95,111)(H2,93,96,97)/b11-9+,14-10+,58-15+,61-47+/t57-,59-,60-,62-,63+,68+,69-,71+,72-,75+,76+,77-,82+,83-,91-/m1/s1. The first-order valence-corrected chi connectivity index (χ1v) is 44.2. The Morgan fingerprint density at radius 1 is 0.722 bits per heavy atom. The average Bonchev–Trinajstić information content (AvgIpc) is 1.57. The highest BCUT2D eigenvalue weighted by molar-refractivity contribution is 6.39. The normalized spacial score (nSPS) is 27.1. The molecule has 0 spiro atoms. The molecule has 10 rings (SSSR count). The molecule has 15 atom stereocenters. The molecule has 1 saturated carbocycles. The number of carbonyl (C=O) groups is 7. The number of amides is 3. The van der Waals surface area contributed by atoms with Gasteiger partial charge in [-0.15, -0.1) is 0 Å². The Kier molecular flexibility index (Phi) is 39.5. The smallest absolute Gasteiger partial charge is 0.407 e. The fraction of sp³-hybridized carbons (Fsp3) is 0.637. The SMILES string of the molecule is CO[C@H]1C[C@@H]2CC[C@@H](C)[C@@](O)(O2)C(=O)C(=O)N2CCCC[C@H]2C(=O)O[C@H]([C@H](N)C[C@@H]2CC[C@@H](O)[C@H](OC)C2)CC(=O)[C@H](C)/C=C(\C)[C@@H](OC(=O)NCCOCCOCCOCCOCCOCCOCCOCCOCCC(=O)N2CCc3cc(Cn4nc(-c5ccc6oc(N)nc6c5)c5c(N)ncnc54)ccc3C2)[C@@H](O)C(=O)[C@H](C)C[C@H](C)/C=C/C=C/C=C/1C. The predicted octanol–water partition coefficient (Wildman–Crippen LogP) is 7.22. The molecule has 35 nitrogen and oxygen atoms in total. The van der Waals surface area contributed by atoms with Crippen molar-refractivity contribution < 1.29 is 115 Å². The van der Waals surface area contributed by atoms with E-state index in [2.05, 4.69) is 38.5 Å². The number of methoxy groups -OCH3 is 2. The maximum atomic E-state index is 14.7. The molecule has 0 radical (unpaired) electrons. The van der Waals surface area contributed by atoms with E-state index in [0.717, 1.165) is 33.6 Å². The van der Waals surface area contributed by atoms with Gasteiger partial charge in [0.2, 0.25) is 11.7 Å². The number of hydrogen-bond donors (Lipinski definition) is 7. The second kappa shape index (κ2) is 50.2. The third-order valence-electron chi connectivity index (χ3n) is 24.0. The summed E-state index contributed by atoms with van der Waals surface area (Å²) in [7, 11) is 3.06. The molecule has 0 unspecified atom stereocenters. The second-order valence-electron chi connectivity index (χ2n) is 33.4. The van der Waals surface area contributed by atoms with Gasteiger partial charge in [-0.05, 0) is 142 Å². The number of allylic oxidation sites excluding steroid dienone is 6. The highest BCUT2D eigenvalue weighted by Gasteiger charge is 2.53. The van der Waals surface area contributed by atoms with E-state index in [1.165, 1.54) is 32.0 Å². The van der Waals surface area contributed by atoms with E-state index in [1.54, 1.807) is 33.9 Å². The van der Waals surface area contributed by atoms with E-state index in [4.69, 9.17) is 88.3 Å². The minimum Gasteiger partial charge on any atom is -0.459 e. The van der Waals surface area contributed by atoms with Gasteiger partial charge in [0.25, 0.3) is 17.7 Å². The second-order valence-corrected chi connectivity index (χ2v) is 33.4. The average molecular weight is 1760 g/mol. The van der Waals surface area contributed by atoms with Gasteiger partial charge in [0, 0.05) is 82.6 Å². The number of cyclic esters (lactones) is 1.